The second-order valence-electron chi connectivity index (χ2n) is 5.33. The number of amides is 1. The van der Waals surface area contributed by atoms with Gasteiger partial charge in [-0.2, -0.15) is 0 Å². The van der Waals surface area contributed by atoms with Crippen LogP contribution in [-0.2, 0) is 0 Å². The number of hydrogen-bond donors (Lipinski definition) is 1. The van der Waals surface area contributed by atoms with E-state index in [2.05, 4.69) is 18.9 Å². The van der Waals surface area contributed by atoms with Crippen molar-refractivity contribution < 1.29 is 4.79 Å². The Morgan fingerprint density at radius 3 is 2.79 bits per heavy atom. The van der Waals surface area contributed by atoms with Crippen LogP contribution in [0.25, 0.3) is 0 Å². The van der Waals surface area contributed by atoms with Crippen molar-refractivity contribution >= 4 is 11.6 Å². The van der Waals surface area contributed by atoms with Gasteiger partial charge in [0.25, 0.3) is 5.91 Å². The highest BCUT2D eigenvalue weighted by Gasteiger charge is 2.28. The van der Waals surface area contributed by atoms with Crippen molar-refractivity contribution in [1.82, 2.24) is 9.80 Å². The first-order valence-electron chi connectivity index (χ1n) is 6.89. The smallest absolute Gasteiger partial charge is 0.256 e. The van der Waals surface area contributed by atoms with Gasteiger partial charge in [-0.05, 0) is 32.0 Å². The first kappa shape index (κ1) is 13.9. The molecule has 1 fully saturated rings. The molecule has 1 aromatic rings. The summed E-state index contributed by atoms with van der Waals surface area (Å²) in [4.78, 5) is 16.9. The largest absolute Gasteiger partial charge is 0.398 e. The molecule has 1 aliphatic heterocycles. The molecule has 0 saturated carbocycles. The molecule has 0 aromatic heterocycles. The summed E-state index contributed by atoms with van der Waals surface area (Å²) in [7, 11) is 2.12. The van der Waals surface area contributed by atoms with Crippen LogP contribution in [0.3, 0.4) is 0 Å². The predicted molar refractivity (Wildman–Crippen MR) is 78.2 cm³/mol. The third-order valence-corrected chi connectivity index (χ3v) is 4.05. The van der Waals surface area contributed by atoms with Gasteiger partial charge in [0.1, 0.15) is 0 Å². The average molecular weight is 261 g/mol. The minimum atomic E-state index is 0.0714. The standard InChI is InChI=1S/C15H23N3O/c1-4-12-10-18(9-8-17(12)3)15(19)14-11(2)6-5-7-13(14)16/h5-7,12H,4,8-10,16H2,1-3H3. The van der Waals surface area contributed by atoms with Crippen LogP contribution >= 0.6 is 0 Å². The number of aryl methyl sites for hydroxylation is 1. The molecule has 104 valence electrons. The Labute approximate surface area is 115 Å². The normalized spacial score (nSPS) is 20.6. The Morgan fingerprint density at radius 1 is 1.42 bits per heavy atom. The summed E-state index contributed by atoms with van der Waals surface area (Å²) >= 11 is 0. The molecule has 1 heterocycles. The molecule has 2 rings (SSSR count). The van der Waals surface area contributed by atoms with Crippen LogP contribution < -0.4 is 5.73 Å². The first-order valence-corrected chi connectivity index (χ1v) is 6.89. The van der Waals surface area contributed by atoms with Crippen molar-refractivity contribution in [1.29, 1.82) is 0 Å². The van der Waals surface area contributed by atoms with Crippen molar-refractivity contribution in [3.63, 3.8) is 0 Å². The number of likely N-dealkylation sites (N-methyl/N-ethyl adjacent to an activating group) is 1. The highest BCUT2D eigenvalue weighted by molar-refractivity contribution is 6.00. The lowest BCUT2D eigenvalue weighted by molar-refractivity contribution is 0.0542. The summed E-state index contributed by atoms with van der Waals surface area (Å²) < 4.78 is 0. The minimum Gasteiger partial charge on any atom is -0.398 e. The number of anilines is 1. The number of hydrogen-bond acceptors (Lipinski definition) is 3. The monoisotopic (exact) mass is 261 g/mol. The van der Waals surface area contributed by atoms with Gasteiger partial charge in [-0.25, -0.2) is 0 Å². The molecule has 1 aliphatic rings. The molecule has 1 atom stereocenters. The van der Waals surface area contributed by atoms with Gasteiger partial charge in [0, 0.05) is 31.4 Å². The Kier molecular flexibility index (Phi) is 4.10. The van der Waals surface area contributed by atoms with E-state index in [1.165, 1.54) is 0 Å². The zero-order valence-corrected chi connectivity index (χ0v) is 12.0. The van der Waals surface area contributed by atoms with Crippen LogP contribution in [0.5, 0.6) is 0 Å². The van der Waals surface area contributed by atoms with Crippen molar-refractivity contribution in [3.8, 4) is 0 Å². The van der Waals surface area contributed by atoms with E-state index in [9.17, 15) is 4.79 Å². The van der Waals surface area contributed by atoms with E-state index in [0.29, 0.717) is 17.3 Å². The number of carbonyl (C=O) groups excluding carboxylic acids is 1. The predicted octanol–water partition coefficient (Wildman–Crippen LogP) is 1.74. The van der Waals surface area contributed by atoms with E-state index in [4.69, 9.17) is 5.73 Å². The second kappa shape index (κ2) is 5.61. The van der Waals surface area contributed by atoms with Gasteiger partial charge in [0.2, 0.25) is 0 Å². The highest BCUT2D eigenvalue weighted by atomic mass is 16.2. The molecular weight excluding hydrogens is 238 g/mol. The lowest BCUT2D eigenvalue weighted by Gasteiger charge is -2.39. The molecule has 19 heavy (non-hydrogen) atoms. The average Bonchev–Trinajstić information content (AvgIpc) is 2.39. The zero-order valence-electron chi connectivity index (χ0n) is 12.0. The van der Waals surface area contributed by atoms with Crippen molar-refractivity contribution in [2.24, 2.45) is 0 Å². The Morgan fingerprint density at radius 2 is 2.16 bits per heavy atom. The van der Waals surface area contributed by atoms with Gasteiger partial charge < -0.3 is 10.6 Å². The van der Waals surface area contributed by atoms with Gasteiger partial charge in [0.15, 0.2) is 0 Å². The second-order valence-corrected chi connectivity index (χ2v) is 5.33. The Hall–Kier alpha value is -1.55. The number of nitrogen functional groups attached to an aromatic ring is 1. The maximum Gasteiger partial charge on any atom is 0.256 e. The fourth-order valence-electron chi connectivity index (χ4n) is 2.71. The number of nitrogens with two attached hydrogens (primary N) is 1. The molecule has 1 unspecified atom stereocenters. The molecule has 2 N–H and O–H groups in total. The topological polar surface area (TPSA) is 49.6 Å². The number of piperazine rings is 1. The molecule has 0 spiro atoms. The van der Waals surface area contributed by atoms with Crippen LogP contribution in [0.1, 0.15) is 29.3 Å². The van der Waals surface area contributed by atoms with Gasteiger partial charge >= 0.3 is 0 Å². The molecule has 1 saturated heterocycles. The maximum absolute atomic E-state index is 12.6. The van der Waals surface area contributed by atoms with Crippen LogP contribution in [0.4, 0.5) is 5.69 Å². The zero-order chi connectivity index (χ0) is 14.0. The lowest BCUT2D eigenvalue weighted by atomic mass is 10.0. The SMILES string of the molecule is CCC1CN(C(=O)c2c(C)cccc2N)CCN1C. The molecule has 4 heteroatoms. The minimum absolute atomic E-state index is 0.0714. The van der Waals surface area contributed by atoms with Gasteiger partial charge in [-0.3, -0.25) is 9.69 Å². The van der Waals surface area contributed by atoms with E-state index >= 15 is 0 Å². The molecule has 0 bridgehead atoms. The number of carbonyl (C=O) groups is 1. The molecule has 4 nitrogen and oxygen atoms in total. The summed E-state index contributed by atoms with van der Waals surface area (Å²) in [5, 5.41) is 0. The maximum atomic E-state index is 12.6. The number of nitrogens with zero attached hydrogens (tertiary/aromatic N) is 2. The summed E-state index contributed by atoms with van der Waals surface area (Å²) in [5.74, 6) is 0.0714. The first-order chi connectivity index (χ1) is 9.04. The van der Waals surface area contributed by atoms with Crippen molar-refractivity contribution in [2.75, 3.05) is 32.4 Å². The summed E-state index contributed by atoms with van der Waals surface area (Å²) in [5.41, 5.74) is 8.17. The van der Waals surface area contributed by atoms with E-state index in [1.807, 2.05) is 24.0 Å². The molecule has 0 radical (unpaired) electrons. The highest BCUT2D eigenvalue weighted by Crippen LogP contribution is 2.21. The van der Waals surface area contributed by atoms with Crippen LogP contribution in [0.15, 0.2) is 18.2 Å². The van der Waals surface area contributed by atoms with Gasteiger partial charge in [-0.1, -0.05) is 19.1 Å². The van der Waals surface area contributed by atoms with Crippen LogP contribution in [-0.4, -0.2) is 48.4 Å². The molecule has 0 aliphatic carbocycles. The summed E-state index contributed by atoms with van der Waals surface area (Å²) in [6, 6.07) is 6.08. The number of rotatable bonds is 2. The molecular formula is C15H23N3O. The van der Waals surface area contributed by atoms with Crippen molar-refractivity contribution in [3.05, 3.63) is 29.3 Å². The third kappa shape index (κ3) is 2.73. The van der Waals surface area contributed by atoms with Crippen LogP contribution in [0, 0.1) is 6.92 Å². The van der Waals surface area contributed by atoms with Crippen molar-refractivity contribution in [2.45, 2.75) is 26.3 Å². The van der Waals surface area contributed by atoms with E-state index in [0.717, 1.165) is 31.6 Å². The quantitative estimate of drug-likeness (QED) is 0.825. The Bertz CT molecular complexity index is 452. The van der Waals surface area contributed by atoms with Crippen LogP contribution in [0.2, 0.25) is 0 Å². The molecule has 1 amide bonds. The third-order valence-electron chi connectivity index (χ3n) is 4.05. The molecule has 1 aromatic carbocycles. The fourth-order valence-corrected chi connectivity index (χ4v) is 2.71. The summed E-state index contributed by atoms with van der Waals surface area (Å²) in [6.45, 7) is 6.60. The number of benzene rings is 1. The van der Waals surface area contributed by atoms with E-state index in [-0.39, 0.29) is 5.91 Å². The van der Waals surface area contributed by atoms with Gasteiger partial charge in [-0.15, -0.1) is 0 Å². The Balaban J connectivity index is 2.20. The fraction of sp³-hybridized carbons (Fsp3) is 0.533. The van der Waals surface area contributed by atoms with E-state index < -0.39 is 0 Å². The summed E-state index contributed by atoms with van der Waals surface area (Å²) in [6.07, 6.45) is 1.06. The van der Waals surface area contributed by atoms with E-state index in [1.54, 1.807) is 6.07 Å². The lowest BCUT2D eigenvalue weighted by Crippen LogP contribution is -2.53. The van der Waals surface area contributed by atoms with Gasteiger partial charge in [0.05, 0.1) is 5.56 Å².